The summed E-state index contributed by atoms with van der Waals surface area (Å²) in [7, 11) is 0. The topological polar surface area (TPSA) is 95.9 Å². The Morgan fingerprint density at radius 1 is 0.403 bits per heavy atom. The minimum Gasteiger partial charge on any atom is -0.466 e. The molecule has 67 heavy (non-hydrogen) atoms. The Morgan fingerprint density at radius 3 is 1.06 bits per heavy atom. The molecule has 398 valence electrons. The standard InChI is InChI=1S/C61H119NO5/c1-3-5-7-9-11-13-15-17-19-20-21-23-26-29-33-37-41-45-49-53-59(64)58(57-63)62-60(65)54-50-46-42-38-34-30-27-24-22-25-28-32-36-40-44-48-52-56-67-61(66)55-51-47-43-39-35-31-18-16-14-12-10-8-6-4-2/h22,25,58-59,63-64H,3-21,23-24,26-57H2,1-2H3,(H,62,65)/b25-22-. The first-order chi connectivity index (χ1) is 33.0. The third kappa shape index (κ3) is 53.8. The van der Waals surface area contributed by atoms with Crippen molar-refractivity contribution in [3.63, 3.8) is 0 Å². The van der Waals surface area contributed by atoms with Gasteiger partial charge in [-0.05, 0) is 51.4 Å². The zero-order valence-corrected chi connectivity index (χ0v) is 45.4. The number of nitrogens with one attached hydrogen (secondary N) is 1. The van der Waals surface area contributed by atoms with Crippen LogP contribution in [0, 0.1) is 0 Å². The molecule has 6 heteroatoms. The van der Waals surface area contributed by atoms with Crippen molar-refractivity contribution in [1.29, 1.82) is 0 Å². The van der Waals surface area contributed by atoms with E-state index < -0.39 is 12.1 Å². The van der Waals surface area contributed by atoms with Crippen molar-refractivity contribution in [2.24, 2.45) is 0 Å². The van der Waals surface area contributed by atoms with Crippen LogP contribution in [0.25, 0.3) is 0 Å². The lowest BCUT2D eigenvalue weighted by Crippen LogP contribution is -2.45. The molecule has 0 saturated carbocycles. The van der Waals surface area contributed by atoms with Gasteiger partial charge in [-0.25, -0.2) is 0 Å². The molecule has 0 aromatic carbocycles. The molecule has 6 nitrogen and oxygen atoms in total. The van der Waals surface area contributed by atoms with E-state index in [-0.39, 0.29) is 18.5 Å². The molecule has 0 aromatic rings. The lowest BCUT2D eigenvalue weighted by Gasteiger charge is -2.22. The molecule has 2 unspecified atom stereocenters. The SMILES string of the molecule is CCCCCCCCCCCCCCCCCCCCCC(O)C(CO)NC(=O)CCCCCCCCC/C=C\CCCCCCCCOC(=O)CCCCCCCCCCCCCCCC. The highest BCUT2D eigenvalue weighted by Crippen LogP contribution is 2.18. The number of hydrogen-bond acceptors (Lipinski definition) is 5. The Balaban J connectivity index is 3.44. The summed E-state index contributed by atoms with van der Waals surface area (Å²) in [4.78, 5) is 24.5. The molecule has 0 heterocycles. The fraction of sp³-hybridized carbons (Fsp3) is 0.934. The van der Waals surface area contributed by atoms with Crippen LogP contribution in [0.5, 0.6) is 0 Å². The number of aliphatic hydroxyl groups is 2. The predicted octanol–water partition coefficient (Wildman–Crippen LogP) is 18.9. The van der Waals surface area contributed by atoms with Crippen LogP contribution >= 0.6 is 0 Å². The summed E-state index contributed by atoms with van der Waals surface area (Å²) in [5, 5.41) is 23.3. The van der Waals surface area contributed by atoms with Crippen molar-refractivity contribution in [2.45, 2.75) is 353 Å². The normalized spacial score (nSPS) is 12.6. The van der Waals surface area contributed by atoms with E-state index in [4.69, 9.17) is 4.74 Å². The minimum atomic E-state index is -0.672. The Labute approximate surface area is 419 Å². The van der Waals surface area contributed by atoms with E-state index in [2.05, 4.69) is 31.3 Å². The third-order valence-electron chi connectivity index (χ3n) is 14.3. The van der Waals surface area contributed by atoms with Gasteiger partial charge < -0.3 is 20.3 Å². The van der Waals surface area contributed by atoms with Crippen molar-refractivity contribution in [3.8, 4) is 0 Å². The second-order valence-corrected chi connectivity index (χ2v) is 21.0. The van der Waals surface area contributed by atoms with Crippen LogP contribution < -0.4 is 5.32 Å². The maximum absolute atomic E-state index is 12.5. The van der Waals surface area contributed by atoms with Gasteiger partial charge in [0.15, 0.2) is 0 Å². The number of carbonyl (C=O) groups is 2. The number of allylic oxidation sites excluding steroid dienone is 2. The van der Waals surface area contributed by atoms with Crippen LogP contribution in [0.4, 0.5) is 0 Å². The van der Waals surface area contributed by atoms with E-state index >= 15 is 0 Å². The zero-order chi connectivity index (χ0) is 48.6. The minimum absolute atomic E-state index is 0.00132. The Morgan fingerprint density at radius 2 is 0.701 bits per heavy atom. The van der Waals surface area contributed by atoms with Crippen molar-refractivity contribution in [3.05, 3.63) is 12.2 Å². The van der Waals surface area contributed by atoms with Crippen LogP contribution in [-0.2, 0) is 14.3 Å². The Bertz CT molecular complexity index is 1000. The van der Waals surface area contributed by atoms with Gasteiger partial charge in [0, 0.05) is 12.8 Å². The largest absolute Gasteiger partial charge is 0.466 e. The second-order valence-electron chi connectivity index (χ2n) is 21.0. The van der Waals surface area contributed by atoms with Crippen molar-refractivity contribution < 1.29 is 24.5 Å². The van der Waals surface area contributed by atoms with E-state index in [9.17, 15) is 19.8 Å². The fourth-order valence-corrected chi connectivity index (χ4v) is 9.64. The first kappa shape index (κ1) is 65.6. The highest BCUT2D eigenvalue weighted by molar-refractivity contribution is 5.76. The summed E-state index contributed by atoms with van der Waals surface area (Å²) in [6, 6.07) is -0.550. The fourth-order valence-electron chi connectivity index (χ4n) is 9.64. The van der Waals surface area contributed by atoms with E-state index in [1.165, 1.54) is 257 Å². The van der Waals surface area contributed by atoms with Gasteiger partial charge in [0.05, 0.1) is 25.4 Å². The predicted molar refractivity (Wildman–Crippen MR) is 292 cm³/mol. The van der Waals surface area contributed by atoms with Gasteiger partial charge in [-0.15, -0.1) is 0 Å². The molecule has 0 aromatic heterocycles. The summed E-state index contributed by atoms with van der Waals surface area (Å²) in [5.74, 6) is -0.0423. The maximum atomic E-state index is 12.5. The maximum Gasteiger partial charge on any atom is 0.305 e. The van der Waals surface area contributed by atoms with E-state index in [1.807, 2.05) is 0 Å². The van der Waals surface area contributed by atoms with E-state index in [0.717, 1.165) is 51.4 Å². The molecule has 0 saturated heterocycles. The van der Waals surface area contributed by atoms with Crippen molar-refractivity contribution in [1.82, 2.24) is 5.32 Å². The quantitative estimate of drug-likeness (QED) is 0.0321. The summed E-state index contributed by atoms with van der Waals surface area (Å²) >= 11 is 0. The molecule has 0 bridgehead atoms. The van der Waals surface area contributed by atoms with E-state index in [0.29, 0.717) is 25.9 Å². The highest BCUT2D eigenvalue weighted by Gasteiger charge is 2.20. The summed E-state index contributed by atoms with van der Waals surface area (Å²) in [6.07, 6.45) is 67.8. The monoisotopic (exact) mass is 946 g/mol. The van der Waals surface area contributed by atoms with Gasteiger partial charge >= 0.3 is 5.97 Å². The average molecular weight is 947 g/mol. The molecule has 0 aliphatic heterocycles. The molecule has 0 aliphatic rings. The van der Waals surface area contributed by atoms with Crippen LogP contribution in [0.15, 0.2) is 12.2 Å². The lowest BCUT2D eigenvalue weighted by atomic mass is 10.0. The second kappa shape index (κ2) is 57.2. The summed E-state index contributed by atoms with van der Waals surface area (Å²) < 4.78 is 5.47. The summed E-state index contributed by atoms with van der Waals surface area (Å²) in [5.41, 5.74) is 0. The van der Waals surface area contributed by atoms with Crippen LogP contribution in [0.2, 0.25) is 0 Å². The Kier molecular flexibility index (Phi) is 56.0. The number of carbonyl (C=O) groups excluding carboxylic acids is 2. The molecular weight excluding hydrogens is 827 g/mol. The molecule has 0 rings (SSSR count). The first-order valence-electron chi connectivity index (χ1n) is 30.4. The number of hydrogen-bond donors (Lipinski definition) is 3. The average Bonchev–Trinajstić information content (AvgIpc) is 3.33. The van der Waals surface area contributed by atoms with Gasteiger partial charge in [0.1, 0.15) is 0 Å². The van der Waals surface area contributed by atoms with Crippen LogP contribution in [0.1, 0.15) is 341 Å². The van der Waals surface area contributed by atoms with Crippen LogP contribution in [0.3, 0.4) is 0 Å². The molecule has 2 atom stereocenters. The van der Waals surface area contributed by atoms with Crippen LogP contribution in [-0.4, -0.2) is 47.4 Å². The molecule has 0 fully saturated rings. The number of unbranched alkanes of at least 4 members (excludes halogenated alkanes) is 44. The molecule has 0 aliphatic carbocycles. The van der Waals surface area contributed by atoms with Gasteiger partial charge in [-0.2, -0.15) is 0 Å². The van der Waals surface area contributed by atoms with E-state index in [1.54, 1.807) is 0 Å². The van der Waals surface area contributed by atoms with Crippen molar-refractivity contribution in [2.75, 3.05) is 13.2 Å². The molecule has 0 radical (unpaired) electrons. The lowest BCUT2D eigenvalue weighted by molar-refractivity contribution is -0.143. The van der Waals surface area contributed by atoms with Crippen molar-refractivity contribution >= 4 is 11.9 Å². The number of amides is 1. The van der Waals surface area contributed by atoms with Gasteiger partial charge in [0.2, 0.25) is 5.91 Å². The molecule has 3 N–H and O–H groups in total. The van der Waals surface area contributed by atoms with Gasteiger partial charge in [-0.3, -0.25) is 9.59 Å². The Hall–Kier alpha value is -1.40. The number of aliphatic hydroxyl groups excluding tert-OH is 2. The number of rotatable bonds is 57. The van der Waals surface area contributed by atoms with Gasteiger partial charge in [0.25, 0.3) is 0 Å². The highest BCUT2D eigenvalue weighted by atomic mass is 16.5. The summed E-state index contributed by atoms with van der Waals surface area (Å²) in [6.45, 7) is 4.96. The number of esters is 1. The molecular formula is C61H119NO5. The molecule has 0 spiro atoms. The first-order valence-corrected chi connectivity index (χ1v) is 30.4. The number of ether oxygens (including phenoxy) is 1. The zero-order valence-electron chi connectivity index (χ0n) is 45.4. The smallest absolute Gasteiger partial charge is 0.305 e. The van der Waals surface area contributed by atoms with Gasteiger partial charge in [-0.1, -0.05) is 289 Å². The molecule has 1 amide bonds. The third-order valence-corrected chi connectivity index (χ3v) is 14.3.